The predicted octanol–water partition coefficient (Wildman–Crippen LogP) is 2.03. The van der Waals surface area contributed by atoms with E-state index in [1.165, 1.54) is 12.8 Å². The van der Waals surface area contributed by atoms with E-state index in [-0.39, 0.29) is 5.91 Å². The largest absolute Gasteiger partial charge is 0.371 e. The number of rotatable bonds is 3. The zero-order chi connectivity index (χ0) is 14.8. The second-order valence-corrected chi connectivity index (χ2v) is 6.28. The lowest BCUT2D eigenvalue weighted by atomic mass is 10.1. The number of likely N-dealkylation sites (N-methyl/N-ethyl adjacent to an activating group) is 1. The summed E-state index contributed by atoms with van der Waals surface area (Å²) in [4.78, 5) is 17.2. The molecule has 4 heteroatoms. The van der Waals surface area contributed by atoms with Crippen LogP contribution in [0.3, 0.4) is 0 Å². The molecule has 1 N–H and O–H groups in total. The Labute approximate surface area is 127 Å². The van der Waals surface area contributed by atoms with Crippen molar-refractivity contribution in [2.45, 2.75) is 32.2 Å². The van der Waals surface area contributed by atoms with Crippen LogP contribution in [-0.4, -0.2) is 50.1 Å². The van der Waals surface area contributed by atoms with Crippen molar-refractivity contribution in [3.63, 3.8) is 0 Å². The molecule has 2 aliphatic heterocycles. The predicted molar refractivity (Wildman–Crippen MR) is 86.0 cm³/mol. The Morgan fingerprint density at radius 2 is 2.10 bits per heavy atom. The first-order chi connectivity index (χ1) is 10.2. The summed E-state index contributed by atoms with van der Waals surface area (Å²) in [6.45, 7) is 6.11. The SMILES string of the molecule is Cc1ccc(N2CCCC2)c(C(=O)N(C)[C@H]2CCNC2)c1. The molecule has 1 aromatic carbocycles. The van der Waals surface area contributed by atoms with E-state index >= 15 is 0 Å². The first-order valence-electron chi connectivity index (χ1n) is 8.00. The molecule has 21 heavy (non-hydrogen) atoms. The van der Waals surface area contributed by atoms with Gasteiger partial charge in [0.25, 0.3) is 5.91 Å². The molecule has 1 atom stereocenters. The Bertz CT molecular complexity index is 517. The Kier molecular flexibility index (Phi) is 4.15. The number of benzene rings is 1. The van der Waals surface area contributed by atoms with Gasteiger partial charge in [-0.25, -0.2) is 0 Å². The molecule has 1 amide bonds. The molecule has 4 nitrogen and oxygen atoms in total. The van der Waals surface area contributed by atoms with Crippen LogP contribution in [0.5, 0.6) is 0 Å². The summed E-state index contributed by atoms with van der Waals surface area (Å²) >= 11 is 0. The number of amides is 1. The molecule has 2 saturated heterocycles. The summed E-state index contributed by atoms with van der Waals surface area (Å²) in [5.41, 5.74) is 3.13. The van der Waals surface area contributed by atoms with Gasteiger partial charge in [-0.3, -0.25) is 4.79 Å². The van der Waals surface area contributed by atoms with Gasteiger partial charge in [-0.2, -0.15) is 0 Å². The first kappa shape index (κ1) is 14.4. The standard InChI is InChI=1S/C17H25N3O/c1-13-5-6-16(20-9-3-4-10-20)15(11-13)17(21)19(2)14-7-8-18-12-14/h5-6,11,14,18H,3-4,7-10,12H2,1-2H3/t14-/m0/s1. The highest BCUT2D eigenvalue weighted by molar-refractivity contribution is 6.00. The average molecular weight is 287 g/mol. The first-order valence-corrected chi connectivity index (χ1v) is 8.00. The van der Waals surface area contributed by atoms with Crippen molar-refractivity contribution in [1.29, 1.82) is 0 Å². The fourth-order valence-electron chi connectivity index (χ4n) is 3.38. The van der Waals surface area contributed by atoms with E-state index in [1.807, 2.05) is 11.9 Å². The lowest BCUT2D eigenvalue weighted by Gasteiger charge is -2.27. The minimum Gasteiger partial charge on any atom is -0.371 e. The van der Waals surface area contributed by atoms with Crippen LogP contribution in [0.25, 0.3) is 0 Å². The second-order valence-electron chi connectivity index (χ2n) is 6.28. The van der Waals surface area contributed by atoms with E-state index in [0.29, 0.717) is 6.04 Å². The Morgan fingerprint density at radius 1 is 1.33 bits per heavy atom. The number of carbonyl (C=O) groups excluding carboxylic acids is 1. The third kappa shape index (κ3) is 2.91. The Morgan fingerprint density at radius 3 is 2.76 bits per heavy atom. The van der Waals surface area contributed by atoms with Crippen LogP contribution in [0.4, 0.5) is 5.69 Å². The highest BCUT2D eigenvalue weighted by Gasteiger charge is 2.27. The number of aryl methyl sites for hydroxylation is 1. The minimum atomic E-state index is 0.161. The van der Waals surface area contributed by atoms with Crippen molar-refractivity contribution in [2.75, 3.05) is 38.1 Å². The number of nitrogens with one attached hydrogen (secondary N) is 1. The quantitative estimate of drug-likeness (QED) is 0.924. The number of nitrogens with zero attached hydrogens (tertiary/aromatic N) is 2. The van der Waals surface area contributed by atoms with Crippen LogP contribution < -0.4 is 10.2 Å². The van der Waals surface area contributed by atoms with Crippen LogP contribution in [0.1, 0.15) is 35.2 Å². The van der Waals surface area contributed by atoms with Crippen LogP contribution in [0.15, 0.2) is 18.2 Å². The van der Waals surface area contributed by atoms with Gasteiger partial charge in [0.2, 0.25) is 0 Å². The normalized spacial score (nSPS) is 21.8. The lowest BCUT2D eigenvalue weighted by Crippen LogP contribution is -2.39. The van der Waals surface area contributed by atoms with E-state index in [1.54, 1.807) is 0 Å². The summed E-state index contributed by atoms with van der Waals surface area (Å²) in [5, 5.41) is 3.34. The maximum Gasteiger partial charge on any atom is 0.256 e. The molecule has 2 aliphatic rings. The topological polar surface area (TPSA) is 35.6 Å². The van der Waals surface area contributed by atoms with Crippen LogP contribution in [0.2, 0.25) is 0 Å². The summed E-state index contributed by atoms with van der Waals surface area (Å²) < 4.78 is 0. The summed E-state index contributed by atoms with van der Waals surface area (Å²) in [5.74, 6) is 0.161. The van der Waals surface area contributed by atoms with E-state index in [9.17, 15) is 4.79 Å². The van der Waals surface area contributed by atoms with Crippen molar-refractivity contribution in [3.8, 4) is 0 Å². The third-order valence-electron chi connectivity index (χ3n) is 4.73. The zero-order valence-electron chi connectivity index (χ0n) is 13.1. The van der Waals surface area contributed by atoms with Crippen molar-refractivity contribution in [1.82, 2.24) is 10.2 Å². The van der Waals surface area contributed by atoms with Gasteiger partial charge >= 0.3 is 0 Å². The average Bonchev–Trinajstić information content (AvgIpc) is 3.18. The number of hydrogen-bond acceptors (Lipinski definition) is 3. The third-order valence-corrected chi connectivity index (χ3v) is 4.73. The molecule has 0 unspecified atom stereocenters. The molecule has 0 saturated carbocycles. The summed E-state index contributed by atoms with van der Waals surface area (Å²) in [6.07, 6.45) is 3.50. The van der Waals surface area contributed by atoms with Crippen molar-refractivity contribution < 1.29 is 4.79 Å². The van der Waals surface area contributed by atoms with E-state index in [4.69, 9.17) is 0 Å². The fraction of sp³-hybridized carbons (Fsp3) is 0.588. The van der Waals surface area contributed by atoms with Crippen LogP contribution in [0, 0.1) is 6.92 Å². The molecule has 3 rings (SSSR count). The highest BCUT2D eigenvalue weighted by atomic mass is 16.2. The number of hydrogen-bond donors (Lipinski definition) is 1. The van der Waals surface area contributed by atoms with Crippen molar-refractivity contribution >= 4 is 11.6 Å². The van der Waals surface area contributed by atoms with E-state index < -0.39 is 0 Å². The molecule has 0 aliphatic carbocycles. The van der Waals surface area contributed by atoms with Crippen molar-refractivity contribution in [2.24, 2.45) is 0 Å². The highest BCUT2D eigenvalue weighted by Crippen LogP contribution is 2.27. The zero-order valence-corrected chi connectivity index (χ0v) is 13.1. The van der Waals surface area contributed by atoms with Gasteiger partial charge in [0, 0.05) is 38.4 Å². The van der Waals surface area contributed by atoms with Crippen molar-refractivity contribution in [3.05, 3.63) is 29.3 Å². The maximum absolute atomic E-state index is 12.9. The second kappa shape index (κ2) is 6.06. The van der Waals surface area contributed by atoms with Gasteiger partial charge < -0.3 is 15.1 Å². The van der Waals surface area contributed by atoms with Crippen LogP contribution >= 0.6 is 0 Å². The lowest BCUT2D eigenvalue weighted by molar-refractivity contribution is 0.0744. The Hall–Kier alpha value is -1.55. The van der Waals surface area contributed by atoms with Crippen LogP contribution in [-0.2, 0) is 0 Å². The monoisotopic (exact) mass is 287 g/mol. The number of carbonyl (C=O) groups is 1. The molecule has 1 aromatic rings. The molecule has 2 heterocycles. The molecule has 0 aromatic heterocycles. The Balaban J connectivity index is 1.88. The van der Waals surface area contributed by atoms with Gasteiger partial charge in [-0.15, -0.1) is 0 Å². The minimum absolute atomic E-state index is 0.161. The maximum atomic E-state index is 12.9. The summed E-state index contributed by atoms with van der Waals surface area (Å²) in [7, 11) is 1.94. The molecule has 2 fully saturated rings. The number of anilines is 1. The van der Waals surface area contributed by atoms with Gasteiger partial charge in [0.1, 0.15) is 0 Å². The molecule has 0 bridgehead atoms. The van der Waals surface area contributed by atoms with Gasteiger partial charge in [-0.1, -0.05) is 11.6 Å². The van der Waals surface area contributed by atoms with Gasteiger partial charge in [0.05, 0.1) is 5.56 Å². The summed E-state index contributed by atoms with van der Waals surface area (Å²) in [6, 6.07) is 6.61. The molecule has 0 radical (unpaired) electrons. The van der Waals surface area contributed by atoms with E-state index in [2.05, 4.69) is 35.3 Å². The van der Waals surface area contributed by atoms with E-state index in [0.717, 1.165) is 49.4 Å². The van der Waals surface area contributed by atoms with Gasteiger partial charge in [-0.05, 0) is 44.9 Å². The molecule has 0 spiro atoms. The molecular weight excluding hydrogens is 262 g/mol. The smallest absolute Gasteiger partial charge is 0.256 e. The molecular formula is C17H25N3O. The molecule has 114 valence electrons. The van der Waals surface area contributed by atoms with Gasteiger partial charge in [0.15, 0.2) is 0 Å². The fourth-order valence-corrected chi connectivity index (χ4v) is 3.38.